The van der Waals surface area contributed by atoms with Crippen LogP contribution in [0.2, 0.25) is 5.02 Å². The fourth-order valence-electron chi connectivity index (χ4n) is 3.77. The van der Waals surface area contributed by atoms with Gasteiger partial charge < -0.3 is 10.1 Å². The number of fused-ring (bicyclic) bond motifs is 1. The fraction of sp³-hybridized carbons (Fsp3) is 0.478. The van der Waals surface area contributed by atoms with Gasteiger partial charge in [0, 0.05) is 23.3 Å². The zero-order valence-electron chi connectivity index (χ0n) is 19.1. The molecule has 1 aliphatic rings. The third-order valence-corrected chi connectivity index (χ3v) is 6.02. The maximum absolute atomic E-state index is 13.7. The summed E-state index contributed by atoms with van der Waals surface area (Å²) in [5, 5.41) is 7.71. The van der Waals surface area contributed by atoms with Crippen LogP contribution < -0.4 is 10.2 Å². The number of rotatable bonds is 7. The Morgan fingerprint density at radius 2 is 2.06 bits per heavy atom. The summed E-state index contributed by atoms with van der Waals surface area (Å²) in [5.41, 5.74) is 0.174. The number of ether oxygens (including phenoxy) is 1. The molecule has 172 valence electrons. The van der Waals surface area contributed by atoms with E-state index in [1.807, 2.05) is 0 Å². The number of nitrogens with zero attached hydrogens (tertiary/aromatic N) is 3. The first-order valence-corrected chi connectivity index (χ1v) is 11.1. The van der Waals surface area contributed by atoms with Crippen molar-refractivity contribution in [3.8, 4) is 0 Å². The summed E-state index contributed by atoms with van der Waals surface area (Å²) in [5.74, 6) is -0.932. The lowest BCUT2D eigenvalue weighted by atomic mass is 9.93. The summed E-state index contributed by atoms with van der Waals surface area (Å²) in [6.07, 6.45) is 0.811. The van der Waals surface area contributed by atoms with E-state index in [0.717, 1.165) is 6.42 Å². The smallest absolute Gasteiger partial charge is 0.358 e. The Bertz CT molecular complexity index is 1050. The number of aromatic nitrogens is 2. The van der Waals surface area contributed by atoms with Gasteiger partial charge in [0.1, 0.15) is 11.2 Å². The average molecular weight is 461 g/mol. The molecule has 0 unspecified atom stereocenters. The van der Waals surface area contributed by atoms with Gasteiger partial charge in [0.2, 0.25) is 5.91 Å². The minimum absolute atomic E-state index is 0.0300. The van der Waals surface area contributed by atoms with Crippen LogP contribution in [0.25, 0.3) is 0 Å². The molecule has 2 aromatic rings. The van der Waals surface area contributed by atoms with Gasteiger partial charge in [0.25, 0.3) is 5.91 Å². The summed E-state index contributed by atoms with van der Waals surface area (Å²) in [4.78, 5) is 40.7. The van der Waals surface area contributed by atoms with E-state index in [4.69, 9.17) is 16.3 Å². The van der Waals surface area contributed by atoms with Crippen molar-refractivity contribution in [3.05, 3.63) is 46.2 Å². The van der Waals surface area contributed by atoms with E-state index >= 15 is 0 Å². The van der Waals surface area contributed by atoms with Crippen LogP contribution >= 0.6 is 11.6 Å². The van der Waals surface area contributed by atoms with Crippen molar-refractivity contribution in [3.63, 3.8) is 0 Å². The predicted octanol–water partition coefficient (Wildman–Crippen LogP) is 3.60. The topological polar surface area (TPSA) is 93.5 Å². The average Bonchev–Trinajstić information content (AvgIpc) is 3.15. The molecule has 1 aliphatic heterocycles. The maximum Gasteiger partial charge on any atom is 0.358 e. The Morgan fingerprint density at radius 1 is 1.34 bits per heavy atom. The van der Waals surface area contributed by atoms with Crippen LogP contribution in [0.3, 0.4) is 0 Å². The SMILES string of the molecule is CCOC(=O)c1cc2n(n1)C[C@](C)(C(=O)NCCC(C)C)N(c1cccc(Cl)c1C)C2=O. The van der Waals surface area contributed by atoms with Crippen molar-refractivity contribution in [1.29, 1.82) is 0 Å². The summed E-state index contributed by atoms with van der Waals surface area (Å²) < 4.78 is 6.44. The molecule has 32 heavy (non-hydrogen) atoms. The Labute approximate surface area is 192 Å². The van der Waals surface area contributed by atoms with Gasteiger partial charge in [-0.05, 0) is 50.8 Å². The molecule has 1 aromatic carbocycles. The minimum Gasteiger partial charge on any atom is -0.461 e. The van der Waals surface area contributed by atoms with Crippen LogP contribution in [-0.2, 0) is 16.1 Å². The zero-order valence-corrected chi connectivity index (χ0v) is 19.8. The van der Waals surface area contributed by atoms with Gasteiger partial charge in [-0.25, -0.2) is 4.79 Å². The van der Waals surface area contributed by atoms with Crippen LogP contribution in [0.15, 0.2) is 24.3 Å². The van der Waals surface area contributed by atoms with Crippen molar-refractivity contribution in [2.45, 2.75) is 53.1 Å². The van der Waals surface area contributed by atoms with Crippen LogP contribution in [0, 0.1) is 12.8 Å². The minimum atomic E-state index is -1.28. The second-order valence-electron chi connectivity index (χ2n) is 8.53. The monoisotopic (exact) mass is 460 g/mol. The molecule has 1 aromatic heterocycles. The molecule has 1 atom stereocenters. The van der Waals surface area contributed by atoms with Crippen molar-refractivity contribution < 1.29 is 19.1 Å². The Kier molecular flexibility index (Phi) is 6.93. The number of hydrogen-bond donors (Lipinski definition) is 1. The molecule has 0 aliphatic carbocycles. The third-order valence-electron chi connectivity index (χ3n) is 5.61. The second kappa shape index (κ2) is 9.32. The Hall–Kier alpha value is -2.87. The predicted molar refractivity (Wildman–Crippen MR) is 122 cm³/mol. The number of halogens is 1. The van der Waals surface area contributed by atoms with Crippen molar-refractivity contribution >= 4 is 35.1 Å². The molecule has 1 N–H and O–H groups in total. The number of nitrogens with one attached hydrogen (secondary N) is 1. The molecule has 3 rings (SSSR count). The number of hydrogen-bond acceptors (Lipinski definition) is 5. The van der Waals surface area contributed by atoms with E-state index < -0.39 is 17.4 Å². The highest BCUT2D eigenvalue weighted by Gasteiger charge is 2.49. The highest BCUT2D eigenvalue weighted by Crippen LogP contribution is 2.36. The first-order chi connectivity index (χ1) is 15.1. The normalized spacial score (nSPS) is 18.0. The number of carbonyl (C=O) groups is 3. The third kappa shape index (κ3) is 4.37. The van der Waals surface area contributed by atoms with Gasteiger partial charge in [-0.2, -0.15) is 5.10 Å². The van der Waals surface area contributed by atoms with Crippen molar-refractivity contribution in [1.82, 2.24) is 15.1 Å². The van der Waals surface area contributed by atoms with Crippen LogP contribution in [0.4, 0.5) is 5.69 Å². The highest BCUT2D eigenvalue weighted by atomic mass is 35.5. The van der Waals surface area contributed by atoms with Gasteiger partial charge in [-0.1, -0.05) is 31.5 Å². The molecule has 0 saturated carbocycles. The van der Waals surface area contributed by atoms with E-state index in [0.29, 0.717) is 28.7 Å². The zero-order chi connectivity index (χ0) is 23.6. The van der Waals surface area contributed by atoms with E-state index in [1.165, 1.54) is 15.6 Å². The van der Waals surface area contributed by atoms with E-state index in [2.05, 4.69) is 24.3 Å². The van der Waals surface area contributed by atoms with Gasteiger partial charge in [0.05, 0.1) is 13.2 Å². The Balaban J connectivity index is 2.08. The van der Waals surface area contributed by atoms with Gasteiger partial charge >= 0.3 is 5.97 Å². The molecule has 0 radical (unpaired) electrons. The molecule has 2 amide bonds. The molecule has 0 fully saturated rings. The molecular weight excluding hydrogens is 432 g/mol. The van der Waals surface area contributed by atoms with E-state index in [9.17, 15) is 14.4 Å². The van der Waals surface area contributed by atoms with Crippen LogP contribution in [0.5, 0.6) is 0 Å². The first kappa shape index (κ1) is 23.8. The van der Waals surface area contributed by atoms with Gasteiger partial charge in [0.15, 0.2) is 5.69 Å². The summed E-state index contributed by atoms with van der Waals surface area (Å²) in [6, 6.07) is 6.64. The Morgan fingerprint density at radius 3 is 2.72 bits per heavy atom. The number of benzene rings is 1. The van der Waals surface area contributed by atoms with E-state index in [1.54, 1.807) is 39.0 Å². The number of carbonyl (C=O) groups excluding carboxylic acids is 3. The first-order valence-electron chi connectivity index (χ1n) is 10.7. The quantitative estimate of drug-likeness (QED) is 0.637. The lowest BCUT2D eigenvalue weighted by Gasteiger charge is -2.43. The fourth-order valence-corrected chi connectivity index (χ4v) is 3.94. The van der Waals surface area contributed by atoms with Crippen molar-refractivity contribution in [2.24, 2.45) is 5.92 Å². The molecular formula is C23H29ClN4O4. The molecule has 0 saturated heterocycles. The van der Waals surface area contributed by atoms with E-state index in [-0.39, 0.29) is 30.4 Å². The summed E-state index contributed by atoms with van der Waals surface area (Å²) in [6.45, 7) is 10.1. The van der Waals surface area contributed by atoms with Gasteiger partial charge in [-0.15, -0.1) is 0 Å². The molecule has 9 heteroatoms. The van der Waals surface area contributed by atoms with Crippen molar-refractivity contribution in [2.75, 3.05) is 18.1 Å². The molecule has 2 heterocycles. The second-order valence-corrected chi connectivity index (χ2v) is 8.94. The highest BCUT2D eigenvalue weighted by molar-refractivity contribution is 6.32. The number of amides is 2. The maximum atomic E-state index is 13.7. The standard InChI is InChI=1S/C23H29ClN4O4/c1-6-32-21(30)17-12-19-20(29)28(18-9-7-8-16(24)15(18)4)23(5,13-27(19)26-17)22(31)25-11-10-14(2)3/h7-9,12,14H,6,10-11,13H2,1-5H3,(H,25,31)/t23-/m1/s1. The van der Waals surface area contributed by atoms with Crippen LogP contribution in [0.1, 0.15) is 60.7 Å². The molecule has 8 nitrogen and oxygen atoms in total. The largest absolute Gasteiger partial charge is 0.461 e. The van der Waals surface area contributed by atoms with Crippen LogP contribution in [-0.4, -0.2) is 46.3 Å². The lowest BCUT2D eigenvalue weighted by molar-refractivity contribution is -0.126. The number of esters is 1. The van der Waals surface area contributed by atoms with Gasteiger partial charge in [-0.3, -0.25) is 19.2 Å². The summed E-state index contributed by atoms with van der Waals surface area (Å²) >= 11 is 6.34. The molecule has 0 spiro atoms. The number of anilines is 1. The summed E-state index contributed by atoms with van der Waals surface area (Å²) in [7, 11) is 0. The molecule has 0 bridgehead atoms. The lowest BCUT2D eigenvalue weighted by Crippen LogP contribution is -2.64.